The van der Waals surface area contributed by atoms with Crippen LogP contribution >= 0.6 is 0 Å². The van der Waals surface area contributed by atoms with E-state index in [0.29, 0.717) is 12.2 Å². The van der Waals surface area contributed by atoms with Gasteiger partial charge in [0.1, 0.15) is 12.6 Å². The Morgan fingerprint density at radius 2 is 1.68 bits per heavy atom. The minimum absolute atomic E-state index is 0.147. The molecule has 0 fully saturated rings. The van der Waals surface area contributed by atoms with Gasteiger partial charge in [0, 0.05) is 17.4 Å². The molecule has 0 aliphatic carbocycles. The van der Waals surface area contributed by atoms with Gasteiger partial charge in [-0.1, -0.05) is 72.8 Å². The van der Waals surface area contributed by atoms with Crippen molar-refractivity contribution in [3.8, 4) is 11.1 Å². The summed E-state index contributed by atoms with van der Waals surface area (Å²) >= 11 is 0. The normalized spacial score (nSPS) is 14.4. The van der Waals surface area contributed by atoms with Crippen LogP contribution < -0.4 is 5.32 Å². The molecule has 4 aromatic carbocycles. The van der Waals surface area contributed by atoms with E-state index in [1.54, 1.807) is 0 Å². The summed E-state index contributed by atoms with van der Waals surface area (Å²) in [5.41, 5.74) is 6.43. The van der Waals surface area contributed by atoms with Gasteiger partial charge < -0.3 is 15.0 Å². The number of fused-ring (bicyclic) bond motifs is 2. The SMILES string of the molecule is O=C(Nc1cccc(-c2ccc3[nH]ccc3c2)c1)C1c2ccccc2CN1C(=O)OCc1ccccc1. The van der Waals surface area contributed by atoms with Crippen molar-refractivity contribution in [2.75, 3.05) is 5.32 Å². The van der Waals surface area contributed by atoms with Gasteiger partial charge in [0.25, 0.3) is 5.91 Å². The Morgan fingerprint density at radius 3 is 2.57 bits per heavy atom. The van der Waals surface area contributed by atoms with E-state index >= 15 is 0 Å². The first-order valence-electron chi connectivity index (χ1n) is 12.2. The molecule has 6 heteroatoms. The molecular formula is C31H25N3O3. The van der Waals surface area contributed by atoms with Gasteiger partial charge >= 0.3 is 6.09 Å². The van der Waals surface area contributed by atoms with E-state index in [1.165, 1.54) is 4.90 Å². The van der Waals surface area contributed by atoms with Gasteiger partial charge in [0.2, 0.25) is 0 Å². The van der Waals surface area contributed by atoms with Crippen molar-refractivity contribution < 1.29 is 14.3 Å². The Kier molecular flexibility index (Phi) is 5.91. The van der Waals surface area contributed by atoms with E-state index in [9.17, 15) is 9.59 Å². The van der Waals surface area contributed by atoms with Crippen LogP contribution in [-0.4, -0.2) is 21.9 Å². The average molecular weight is 488 g/mol. The van der Waals surface area contributed by atoms with E-state index in [-0.39, 0.29) is 12.5 Å². The van der Waals surface area contributed by atoms with Crippen LogP contribution in [-0.2, 0) is 22.7 Å². The molecule has 182 valence electrons. The molecule has 2 heterocycles. The van der Waals surface area contributed by atoms with E-state index in [1.807, 2.05) is 97.2 Å². The van der Waals surface area contributed by atoms with Gasteiger partial charge in [0.15, 0.2) is 0 Å². The van der Waals surface area contributed by atoms with Crippen LogP contribution in [0.5, 0.6) is 0 Å². The van der Waals surface area contributed by atoms with Crippen molar-refractivity contribution in [2.45, 2.75) is 19.2 Å². The zero-order valence-electron chi connectivity index (χ0n) is 20.1. The lowest BCUT2D eigenvalue weighted by Gasteiger charge is -2.24. The zero-order valence-corrected chi connectivity index (χ0v) is 20.1. The summed E-state index contributed by atoms with van der Waals surface area (Å²) < 4.78 is 5.58. The van der Waals surface area contributed by atoms with Crippen molar-refractivity contribution in [1.29, 1.82) is 0 Å². The van der Waals surface area contributed by atoms with E-state index < -0.39 is 12.1 Å². The van der Waals surface area contributed by atoms with Gasteiger partial charge in [-0.2, -0.15) is 0 Å². The largest absolute Gasteiger partial charge is 0.445 e. The number of hydrogen-bond acceptors (Lipinski definition) is 3. The summed E-state index contributed by atoms with van der Waals surface area (Å²) in [7, 11) is 0. The number of benzene rings is 4. The second kappa shape index (κ2) is 9.66. The molecule has 5 aromatic rings. The van der Waals surface area contributed by atoms with E-state index in [0.717, 1.165) is 38.7 Å². The first-order chi connectivity index (χ1) is 18.2. The fourth-order valence-electron chi connectivity index (χ4n) is 4.86. The van der Waals surface area contributed by atoms with Gasteiger partial charge in [-0.25, -0.2) is 4.79 Å². The lowest BCUT2D eigenvalue weighted by atomic mass is 10.0. The molecule has 1 aliphatic rings. The highest BCUT2D eigenvalue weighted by Crippen LogP contribution is 2.35. The maximum Gasteiger partial charge on any atom is 0.411 e. The Morgan fingerprint density at radius 1 is 0.865 bits per heavy atom. The van der Waals surface area contributed by atoms with Gasteiger partial charge in [0.05, 0.1) is 6.54 Å². The summed E-state index contributed by atoms with van der Waals surface area (Å²) in [6, 6.07) is 32.4. The Bertz CT molecular complexity index is 1590. The maximum absolute atomic E-state index is 13.6. The number of H-pyrrole nitrogens is 1. The summed E-state index contributed by atoms with van der Waals surface area (Å²) in [4.78, 5) is 31.4. The smallest absolute Gasteiger partial charge is 0.411 e. The van der Waals surface area contributed by atoms with Crippen LogP contribution in [0.1, 0.15) is 22.7 Å². The highest BCUT2D eigenvalue weighted by Gasteiger charge is 2.39. The fourth-order valence-corrected chi connectivity index (χ4v) is 4.86. The van der Waals surface area contributed by atoms with Crippen LogP contribution in [0.25, 0.3) is 22.0 Å². The predicted octanol–water partition coefficient (Wildman–Crippen LogP) is 6.67. The summed E-state index contributed by atoms with van der Waals surface area (Å²) in [5.74, 6) is -0.278. The molecule has 0 saturated heterocycles. The average Bonchev–Trinajstić information content (AvgIpc) is 3.57. The number of amides is 2. The van der Waals surface area contributed by atoms with Gasteiger partial charge in [-0.05, 0) is 63.5 Å². The van der Waals surface area contributed by atoms with Crippen LogP contribution in [0, 0.1) is 0 Å². The molecule has 0 radical (unpaired) electrons. The van der Waals surface area contributed by atoms with Crippen molar-refractivity contribution in [3.05, 3.63) is 126 Å². The van der Waals surface area contributed by atoms with Crippen LogP contribution in [0.15, 0.2) is 109 Å². The number of nitrogens with zero attached hydrogens (tertiary/aromatic N) is 1. The number of aromatic nitrogens is 1. The molecule has 2 amide bonds. The zero-order chi connectivity index (χ0) is 25.2. The van der Waals surface area contributed by atoms with Crippen molar-refractivity contribution in [1.82, 2.24) is 9.88 Å². The molecule has 1 atom stereocenters. The molecule has 1 unspecified atom stereocenters. The van der Waals surface area contributed by atoms with Gasteiger partial charge in [-0.15, -0.1) is 0 Å². The molecule has 1 aromatic heterocycles. The van der Waals surface area contributed by atoms with Crippen molar-refractivity contribution >= 4 is 28.6 Å². The summed E-state index contributed by atoms with van der Waals surface area (Å²) in [6.07, 6.45) is 1.40. The van der Waals surface area contributed by atoms with Crippen molar-refractivity contribution in [3.63, 3.8) is 0 Å². The van der Waals surface area contributed by atoms with Crippen LogP contribution in [0.4, 0.5) is 10.5 Å². The minimum Gasteiger partial charge on any atom is -0.445 e. The lowest BCUT2D eigenvalue weighted by molar-refractivity contribution is -0.120. The van der Waals surface area contributed by atoms with Gasteiger partial charge in [-0.3, -0.25) is 9.69 Å². The Balaban J connectivity index is 1.23. The lowest BCUT2D eigenvalue weighted by Crippen LogP contribution is -2.37. The van der Waals surface area contributed by atoms with E-state index in [2.05, 4.69) is 22.4 Å². The third-order valence-corrected chi connectivity index (χ3v) is 6.71. The van der Waals surface area contributed by atoms with Crippen molar-refractivity contribution in [2.24, 2.45) is 0 Å². The maximum atomic E-state index is 13.6. The topological polar surface area (TPSA) is 74.4 Å². The highest BCUT2D eigenvalue weighted by atomic mass is 16.6. The van der Waals surface area contributed by atoms with Crippen LogP contribution in [0.3, 0.4) is 0 Å². The quantitative estimate of drug-likeness (QED) is 0.291. The Hall–Kier alpha value is -4.84. The number of nitrogens with one attached hydrogen (secondary N) is 2. The standard InChI is InChI=1S/C31H25N3O3/c35-30(33-26-11-6-10-22(18-26)23-13-14-28-24(17-23)15-16-32-28)29-27-12-5-4-9-25(27)19-34(29)31(36)37-20-21-7-2-1-3-8-21/h1-18,29,32H,19-20H2,(H,33,35). The summed E-state index contributed by atoms with van der Waals surface area (Å²) in [5, 5.41) is 4.16. The number of carbonyl (C=O) groups is 2. The molecule has 0 bridgehead atoms. The second-order valence-electron chi connectivity index (χ2n) is 9.12. The first kappa shape index (κ1) is 22.6. The predicted molar refractivity (Wildman–Crippen MR) is 144 cm³/mol. The second-order valence-corrected chi connectivity index (χ2v) is 9.12. The van der Waals surface area contributed by atoms with Crippen LogP contribution in [0.2, 0.25) is 0 Å². The number of rotatable bonds is 5. The molecule has 6 nitrogen and oxygen atoms in total. The third kappa shape index (κ3) is 4.57. The Labute approximate surface area is 214 Å². The molecular weight excluding hydrogens is 462 g/mol. The monoisotopic (exact) mass is 487 g/mol. The first-order valence-corrected chi connectivity index (χ1v) is 12.2. The number of anilines is 1. The number of aromatic amines is 1. The molecule has 37 heavy (non-hydrogen) atoms. The number of hydrogen-bond donors (Lipinski definition) is 2. The molecule has 1 aliphatic heterocycles. The fraction of sp³-hybridized carbons (Fsp3) is 0.0968. The molecule has 0 saturated carbocycles. The minimum atomic E-state index is -0.778. The molecule has 2 N–H and O–H groups in total. The highest BCUT2D eigenvalue weighted by molar-refractivity contribution is 5.98. The third-order valence-electron chi connectivity index (χ3n) is 6.71. The van der Waals surface area contributed by atoms with E-state index in [4.69, 9.17) is 4.74 Å². The summed E-state index contributed by atoms with van der Waals surface area (Å²) in [6.45, 7) is 0.465. The number of carbonyl (C=O) groups excluding carboxylic acids is 2. The molecule has 6 rings (SSSR count). The molecule has 0 spiro atoms. The number of ether oxygens (including phenoxy) is 1.